The first-order valence-electron chi connectivity index (χ1n) is 9.53. The van der Waals surface area contributed by atoms with Crippen LogP contribution in [0.5, 0.6) is 0 Å². The molecule has 0 saturated carbocycles. The number of hydrogen-bond acceptors (Lipinski definition) is 4. The van der Waals surface area contributed by atoms with E-state index in [9.17, 15) is 9.59 Å². The van der Waals surface area contributed by atoms with E-state index in [-0.39, 0.29) is 0 Å². The zero-order valence-corrected chi connectivity index (χ0v) is 17.6. The lowest BCUT2D eigenvalue weighted by Gasteiger charge is -2.36. The van der Waals surface area contributed by atoms with E-state index in [2.05, 4.69) is 43.1 Å². The molecule has 3 N–H and O–H groups in total. The van der Waals surface area contributed by atoms with Crippen molar-refractivity contribution in [2.24, 2.45) is 5.92 Å². The van der Waals surface area contributed by atoms with Crippen molar-refractivity contribution in [1.29, 1.82) is 0 Å². The zero-order valence-electron chi connectivity index (χ0n) is 16.8. The average molecular weight is 411 g/mol. The summed E-state index contributed by atoms with van der Waals surface area (Å²) in [5, 5.41) is 20.0. The molecule has 7 heteroatoms. The Morgan fingerprint density at radius 1 is 1.21 bits per heavy atom. The van der Waals surface area contributed by atoms with Gasteiger partial charge in [0.1, 0.15) is 0 Å². The highest BCUT2D eigenvalue weighted by Crippen LogP contribution is 2.23. The third-order valence-electron chi connectivity index (χ3n) is 4.55. The van der Waals surface area contributed by atoms with Crippen molar-refractivity contribution in [1.82, 2.24) is 10.2 Å². The molecule has 0 bridgehead atoms. The number of carboxylic acid groups (broad SMARTS) is 2. The maximum Gasteiger partial charge on any atom is 0.328 e. The van der Waals surface area contributed by atoms with Crippen LogP contribution in [0, 0.1) is 12.8 Å². The first-order valence-corrected chi connectivity index (χ1v) is 9.91. The maximum atomic E-state index is 9.55. The Bertz CT molecular complexity index is 654. The molecule has 1 aliphatic rings. The van der Waals surface area contributed by atoms with E-state index < -0.39 is 11.9 Å². The third-order valence-corrected chi connectivity index (χ3v) is 4.96. The van der Waals surface area contributed by atoms with Crippen molar-refractivity contribution in [2.45, 2.75) is 46.2 Å². The molecular weight excluding hydrogens is 380 g/mol. The molecule has 0 aromatic heterocycles. The predicted octanol–water partition coefficient (Wildman–Crippen LogP) is 3.57. The molecule has 0 radical (unpaired) electrons. The summed E-state index contributed by atoms with van der Waals surface area (Å²) in [5.41, 5.74) is 2.61. The molecule has 0 spiro atoms. The highest BCUT2D eigenvalue weighted by Gasteiger charge is 2.22. The van der Waals surface area contributed by atoms with Crippen molar-refractivity contribution in [2.75, 3.05) is 19.6 Å². The molecule has 2 rings (SSSR count). The van der Waals surface area contributed by atoms with Gasteiger partial charge in [-0.1, -0.05) is 37.6 Å². The highest BCUT2D eigenvalue weighted by atomic mass is 35.5. The van der Waals surface area contributed by atoms with E-state index in [1.807, 2.05) is 6.07 Å². The number of nitrogens with zero attached hydrogens (tertiary/aromatic N) is 1. The number of hydrogen-bond donors (Lipinski definition) is 3. The van der Waals surface area contributed by atoms with E-state index in [1.54, 1.807) is 0 Å². The Labute approximate surface area is 172 Å². The summed E-state index contributed by atoms with van der Waals surface area (Å²) in [5.74, 6) is -1.82. The summed E-state index contributed by atoms with van der Waals surface area (Å²) >= 11 is 6.26. The third kappa shape index (κ3) is 9.35. The summed E-state index contributed by atoms with van der Waals surface area (Å²) in [6, 6.07) is 6.98. The summed E-state index contributed by atoms with van der Waals surface area (Å²) in [7, 11) is 0. The Hall–Kier alpha value is -1.89. The number of piperidine rings is 1. The van der Waals surface area contributed by atoms with E-state index in [0.717, 1.165) is 31.2 Å². The molecule has 0 atom stereocenters. The van der Waals surface area contributed by atoms with Gasteiger partial charge in [-0.2, -0.15) is 0 Å². The lowest BCUT2D eigenvalue weighted by atomic mass is 10.0. The SMILES string of the molecule is Cc1c(Cl)cccc1CN(CC(C)C)C1CCNCC1.O=C(O)/C=C/C(=O)O. The van der Waals surface area contributed by atoms with Crippen LogP contribution < -0.4 is 5.32 Å². The first-order chi connectivity index (χ1) is 13.2. The maximum absolute atomic E-state index is 9.55. The van der Waals surface area contributed by atoms with Gasteiger partial charge in [-0.3, -0.25) is 4.90 Å². The van der Waals surface area contributed by atoms with Gasteiger partial charge in [0.05, 0.1) is 0 Å². The molecule has 1 aliphatic heterocycles. The van der Waals surface area contributed by atoms with E-state index in [4.69, 9.17) is 21.8 Å². The van der Waals surface area contributed by atoms with Gasteiger partial charge >= 0.3 is 11.9 Å². The van der Waals surface area contributed by atoms with E-state index in [1.165, 1.54) is 24.0 Å². The van der Waals surface area contributed by atoms with Crippen LogP contribution in [0.1, 0.15) is 37.8 Å². The Kier molecular flexibility index (Phi) is 10.8. The number of nitrogens with one attached hydrogen (secondary N) is 1. The summed E-state index contributed by atoms with van der Waals surface area (Å²) in [6.07, 6.45) is 3.63. The van der Waals surface area contributed by atoms with Crippen LogP contribution in [-0.4, -0.2) is 52.7 Å². The van der Waals surface area contributed by atoms with Crippen LogP contribution in [0.3, 0.4) is 0 Å². The monoisotopic (exact) mass is 410 g/mol. The van der Waals surface area contributed by atoms with E-state index in [0.29, 0.717) is 24.1 Å². The van der Waals surface area contributed by atoms with Gasteiger partial charge in [0, 0.05) is 36.3 Å². The van der Waals surface area contributed by atoms with Gasteiger partial charge < -0.3 is 15.5 Å². The van der Waals surface area contributed by atoms with Gasteiger partial charge in [-0.15, -0.1) is 0 Å². The zero-order chi connectivity index (χ0) is 21.1. The van der Waals surface area contributed by atoms with Crippen LogP contribution in [0.4, 0.5) is 0 Å². The molecule has 28 heavy (non-hydrogen) atoms. The number of halogens is 1. The fourth-order valence-electron chi connectivity index (χ4n) is 3.17. The molecule has 1 saturated heterocycles. The van der Waals surface area contributed by atoms with Crippen LogP contribution in [0.2, 0.25) is 5.02 Å². The molecule has 0 unspecified atom stereocenters. The minimum absolute atomic E-state index is 0.558. The lowest BCUT2D eigenvalue weighted by molar-refractivity contribution is -0.134. The molecule has 0 aliphatic carbocycles. The number of carbonyl (C=O) groups is 2. The Morgan fingerprint density at radius 2 is 1.79 bits per heavy atom. The van der Waals surface area contributed by atoms with E-state index >= 15 is 0 Å². The number of aliphatic carboxylic acids is 2. The van der Waals surface area contributed by atoms with Crippen LogP contribution in [0.25, 0.3) is 0 Å². The molecular formula is C21H31ClN2O4. The van der Waals surface area contributed by atoms with Gasteiger partial charge in [0.2, 0.25) is 0 Å². The number of rotatable bonds is 7. The summed E-state index contributed by atoms with van der Waals surface area (Å²) in [4.78, 5) is 21.8. The van der Waals surface area contributed by atoms with Gasteiger partial charge in [0.25, 0.3) is 0 Å². The highest BCUT2D eigenvalue weighted by molar-refractivity contribution is 6.31. The largest absolute Gasteiger partial charge is 0.478 e. The van der Waals surface area contributed by atoms with Gasteiger partial charge in [-0.05, 0) is 56.0 Å². The van der Waals surface area contributed by atoms with Gasteiger partial charge in [-0.25, -0.2) is 9.59 Å². The van der Waals surface area contributed by atoms with Gasteiger partial charge in [0.15, 0.2) is 0 Å². The normalized spacial score (nSPS) is 14.9. The Balaban J connectivity index is 0.000000416. The van der Waals surface area contributed by atoms with Crippen molar-refractivity contribution >= 4 is 23.5 Å². The molecule has 6 nitrogen and oxygen atoms in total. The average Bonchev–Trinajstić information content (AvgIpc) is 2.64. The predicted molar refractivity (Wildman–Crippen MR) is 112 cm³/mol. The topological polar surface area (TPSA) is 89.9 Å². The molecule has 1 heterocycles. The lowest BCUT2D eigenvalue weighted by Crippen LogP contribution is -2.44. The number of benzene rings is 1. The molecule has 1 aromatic rings. The van der Waals surface area contributed by atoms with Crippen LogP contribution >= 0.6 is 11.6 Å². The molecule has 1 aromatic carbocycles. The van der Waals surface area contributed by atoms with Crippen molar-refractivity contribution in [3.8, 4) is 0 Å². The van der Waals surface area contributed by atoms with Crippen LogP contribution in [0.15, 0.2) is 30.4 Å². The fraction of sp³-hybridized carbons (Fsp3) is 0.524. The number of carboxylic acids is 2. The second kappa shape index (κ2) is 12.5. The summed E-state index contributed by atoms with van der Waals surface area (Å²) < 4.78 is 0. The molecule has 156 valence electrons. The van der Waals surface area contributed by atoms with Crippen molar-refractivity contribution in [3.63, 3.8) is 0 Å². The standard InChI is InChI=1S/C17H27ClN2.C4H4O4/c1-13(2)11-20(16-7-9-19-10-8-16)12-15-5-4-6-17(18)14(15)3;5-3(6)1-2-4(7)8/h4-6,13,16,19H,7-12H2,1-3H3;1-2H,(H,5,6)(H,7,8)/b;2-1+. The quantitative estimate of drug-likeness (QED) is 0.595. The second-order valence-corrected chi connectivity index (χ2v) is 7.75. The van der Waals surface area contributed by atoms with Crippen molar-refractivity contribution in [3.05, 3.63) is 46.5 Å². The minimum Gasteiger partial charge on any atom is -0.478 e. The smallest absolute Gasteiger partial charge is 0.328 e. The molecule has 0 amide bonds. The second-order valence-electron chi connectivity index (χ2n) is 7.34. The molecule has 1 fully saturated rings. The van der Waals surface area contributed by atoms with Crippen molar-refractivity contribution < 1.29 is 19.8 Å². The minimum atomic E-state index is -1.26. The first kappa shape index (κ1) is 24.1. The Morgan fingerprint density at radius 3 is 2.29 bits per heavy atom. The van der Waals surface area contributed by atoms with Crippen LogP contribution in [-0.2, 0) is 16.1 Å². The fourth-order valence-corrected chi connectivity index (χ4v) is 3.36. The summed E-state index contributed by atoms with van der Waals surface area (Å²) in [6.45, 7) is 11.2.